The lowest BCUT2D eigenvalue weighted by Gasteiger charge is -2.32. The summed E-state index contributed by atoms with van der Waals surface area (Å²) in [7, 11) is 0. The molecule has 0 saturated carbocycles. The monoisotopic (exact) mass is 526 g/mol. The molecule has 3 aromatic rings. The van der Waals surface area contributed by atoms with E-state index in [2.05, 4.69) is 59.0 Å². The van der Waals surface area contributed by atoms with Gasteiger partial charge < -0.3 is 20.1 Å². The zero-order chi connectivity index (χ0) is 28.3. The highest BCUT2D eigenvalue weighted by molar-refractivity contribution is 5.99. The number of likely N-dealkylation sites (tertiary alicyclic amines) is 1. The van der Waals surface area contributed by atoms with E-state index in [1.54, 1.807) is 0 Å². The molecular weight excluding hydrogens is 488 g/mol. The van der Waals surface area contributed by atoms with Gasteiger partial charge in [0.1, 0.15) is 0 Å². The van der Waals surface area contributed by atoms with Crippen LogP contribution in [0.2, 0.25) is 0 Å². The summed E-state index contributed by atoms with van der Waals surface area (Å²) in [6.07, 6.45) is 2.21. The number of nitrogens with zero attached hydrogens (tertiary/aromatic N) is 2. The molecule has 4 rings (SSSR count). The summed E-state index contributed by atoms with van der Waals surface area (Å²) in [5.74, 6) is -0.284. The van der Waals surface area contributed by atoms with Crippen LogP contribution in [-0.4, -0.2) is 47.4 Å². The number of likely N-dealkylation sites (N-methyl/N-ethyl adjacent to an activating group) is 1. The zero-order valence-electron chi connectivity index (χ0n) is 23.6. The van der Waals surface area contributed by atoms with Crippen molar-refractivity contribution in [1.82, 2.24) is 15.2 Å². The quantitative estimate of drug-likeness (QED) is 0.412. The molecule has 2 heterocycles. The minimum atomic E-state index is -0.229. The second kappa shape index (κ2) is 11.7. The highest BCUT2D eigenvalue weighted by Gasteiger charge is 2.30. The van der Waals surface area contributed by atoms with Crippen LogP contribution in [0.1, 0.15) is 51.7 Å². The van der Waals surface area contributed by atoms with Gasteiger partial charge in [-0.1, -0.05) is 36.4 Å². The van der Waals surface area contributed by atoms with E-state index in [4.69, 9.17) is 0 Å². The Morgan fingerprint density at radius 2 is 1.82 bits per heavy atom. The third kappa shape index (κ3) is 5.98. The van der Waals surface area contributed by atoms with E-state index in [1.807, 2.05) is 44.7 Å². The number of aromatic nitrogens is 1. The minimum Gasteiger partial charge on any atom is -0.367 e. The number of rotatable bonds is 8. The summed E-state index contributed by atoms with van der Waals surface area (Å²) in [6, 6.07) is 14.4. The summed E-state index contributed by atoms with van der Waals surface area (Å²) in [6.45, 7) is 15.6. The maximum atomic E-state index is 13.6. The minimum absolute atomic E-state index is 0.0554. The van der Waals surface area contributed by atoms with Gasteiger partial charge in [-0.05, 0) is 87.6 Å². The number of benzene rings is 2. The first-order valence-electron chi connectivity index (χ1n) is 13.5. The number of carbonyl (C=O) groups excluding carboxylic acids is 2. The van der Waals surface area contributed by atoms with E-state index in [-0.39, 0.29) is 30.0 Å². The number of carbonyl (C=O) groups is 2. The van der Waals surface area contributed by atoms with Gasteiger partial charge in [0.05, 0.1) is 0 Å². The summed E-state index contributed by atoms with van der Waals surface area (Å²) in [5, 5.41) is 2.99. The van der Waals surface area contributed by atoms with Gasteiger partial charge >= 0.3 is 0 Å². The van der Waals surface area contributed by atoms with Crippen molar-refractivity contribution in [3.63, 3.8) is 0 Å². The number of amides is 2. The Hall–Kier alpha value is -4.13. The molecule has 0 bridgehead atoms. The molecule has 204 valence electrons. The largest absolute Gasteiger partial charge is 0.367 e. The van der Waals surface area contributed by atoms with Crippen molar-refractivity contribution in [1.29, 1.82) is 0 Å². The van der Waals surface area contributed by atoms with E-state index in [9.17, 15) is 14.4 Å². The molecule has 1 fully saturated rings. The second-order valence-electron chi connectivity index (χ2n) is 10.4. The van der Waals surface area contributed by atoms with Crippen molar-refractivity contribution in [2.24, 2.45) is 0 Å². The Morgan fingerprint density at radius 1 is 1.10 bits per heavy atom. The van der Waals surface area contributed by atoms with Gasteiger partial charge in [-0.25, -0.2) is 0 Å². The predicted octanol–water partition coefficient (Wildman–Crippen LogP) is 4.82. The highest BCUT2D eigenvalue weighted by atomic mass is 16.2. The Balaban J connectivity index is 1.72. The zero-order valence-corrected chi connectivity index (χ0v) is 23.6. The molecule has 1 aliphatic heterocycles. The highest BCUT2D eigenvalue weighted by Crippen LogP contribution is 2.34. The Bertz CT molecular complexity index is 1460. The lowest BCUT2D eigenvalue weighted by molar-refractivity contribution is -0.125. The van der Waals surface area contributed by atoms with Gasteiger partial charge in [-0.3, -0.25) is 14.4 Å². The van der Waals surface area contributed by atoms with E-state index in [0.717, 1.165) is 52.2 Å². The Kier molecular flexibility index (Phi) is 8.38. The first kappa shape index (κ1) is 27.9. The van der Waals surface area contributed by atoms with Gasteiger partial charge in [0.25, 0.3) is 11.5 Å². The molecule has 2 amide bonds. The Labute approximate surface area is 230 Å². The fraction of sp³-hybridized carbons (Fsp3) is 0.344. The van der Waals surface area contributed by atoms with E-state index in [0.29, 0.717) is 24.2 Å². The van der Waals surface area contributed by atoms with Crippen LogP contribution in [-0.2, 0) is 11.3 Å². The van der Waals surface area contributed by atoms with E-state index in [1.165, 1.54) is 6.08 Å². The maximum Gasteiger partial charge on any atom is 0.253 e. The third-order valence-electron chi connectivity index (χ3n) is 7.67. The smallest absolute Gasteiger partial charge is 0.253 e. The lowest BCUT2D eigenvalue weighted by atomic mass is 9.95. The average Bonchev–Trinajstić information content (AvgIpc) is 3.39. The molecule has 0 spiro atoms. The molecule has 1 atom stereocenters. The number of hydrogen-bond acceptors (Lipinski definition) is 4. The lowest BCUT2D eigenvalue weighted by Crippen LogP contribution is -2.39. The van der Waals surface area contributed by atoms with Crippen LogP contribution >= 0.6 is 0 Å². The first-order valence-corrected chi connectivity index (χ1v) is 13.5. The van der Waals surface area contributed by atoms with Gasteiger partial charge in [0.15, 0.2) is 0 Å². The predicted molar refractivity (Wildman–Crippen MR) is 157 cm³/mol. The van der Waals surface area contributed by atoms with Crippen molar-refractivity contribution >= 4 is 17.5 Å². The maximum absolute atomic E-state index is 13.6. The molecule has 1 unspecified atom stereocenters. The second-order valence-corrected chi connectivity index (χ2v) is 10.4. The summed E-state index contributed by atoms with van der Waals surface area (Å²) in [5.41, 5.74) is 7.54. The summed E-state index contributed by atoms with van der Waals surface area (Å²) < 4.78 is 0. The number of aryl methyl sites for hydroxylation is 3. The summed E-state index contributed by atoms with van der Waals surface area (Å²) >= 11 is 0. The molecule has 39 heavy (non-hydrogen) atoms. The number of anilines is 1. The topological polar surface area (TPSA) is 85.5 Å². The third-order valence-corrected chi connectivity index (χ3v) is 7.67. The van der Waals surface area contributed by atoms with Crippen LogP contribution in [0.25, 0.3) is 11.1 Å². The van der Waals surface area contributed by atoms with Crippen LogP contribution in [0.15, 0.2) is 59.9 Å². The molecule has 2 aromatic carbocycles. The number of pyridine rings is 1. The van der Waals surface area contributed by atoms with Crippen LogP contribution < -0.4 is 15.8 Å². The van der Waals surface area contributed by atoms with Crippen molar-refractivity contribution in [2.75, 3.05) is 24.5 Å². The van der Waals surface area contributed by atoms with Crippen LogP contribution in [0.4, 0.5) is 5.69 Å². The van der Waals surface area contributed by atoms with Crippen molar-refractivity contribution in [3.05, 3.63) is 99.0 Å². The normalized spacial score (nSPS) is 14.8. The molecule has 1 saturated heterocycles. The standard InChI is InChI=1S/C32H38N4O3/c1-7-30(37)35-14-13-26(19-35)36(8-2)29-17-25(24-11-9-20(3)10-12-24)16-27(23(29)6)31(38)33-18-28-21(4)15-22(5)34-32(28)39/h7,9-12,15-17,26H,1,8,13-14,18-19H2,2-6H3,(H,33,38)(H,34,39). The van der Waals surface area contributed by atoms with Gasteiger partial charge in [0.2, 0.25) is 5.91 Å². The van der Waals surface area contributed by atoms with Crippen molar-refractivity contribution in [2.45, 2.75) is 53.6 Å². The van der Waals surface area contributed by atoms with E-state index >= 15 is 0 Å². The number of hydrogen-bond donors (Lipinski definition) is 2. The molecule has 7 nitrogen and oxygen atoms in total. The van der Waals surface area contributed by atoms with Crippen LogP contribution in [0, 0.1) is 27.7 Å². The molecular formula is C32H38N4O3. The number of nitrogens with one attached hydrogen (secondary N) is 2. The van der Waals surface area contributed by atoms with Crippen molar-refractivity contribution in [3.8, 4) is 11.1 Å². The van der Waals surface area contributed by atoms with Crippen molar-refractivity contribution < 1.29 is 9.59 Å². The fourth-order valence-corrected chi connectivity index (χ4v) is 5.46. The average molecular weight is 527 g/mol. The number of aromatic amines is 1. The SMILES string of the molecule is C=CC(=O)N1CCC(N(CC)c2cc(-c3ccc(C)cc3)cc(C(=O)NCc3c(C)cc(C)[nH]c3=O)c2C)C1. The van der Waals surface area contributed by atoms with Crippen LogP contribution in [0.3, 0.4) is 0 Å². The molecule has 0 aliphatic carbocycles. The molecule has 1 aliphatic rings. The molecule has 1 aromatic heterocycles. The fourth-order valence-electron chi connectivity index (χ4n) is 5.46. The van der Waals surface area contributed by atoms with Gasteiger partial charge in [-0.2, -0.15) is 0 Å². The summed E-state index contributed by atoms with van der Waals surface area (Å²) in [4.78, 5) is 45.3. The molecule has 2 N–H and O–H groups in total. The van der Waals surface area contributed by atoms with Gasteiger partial charge in [-0.15, -0.1) is 0 Å². The van der Waals surface area contributed by atoms with Crippen LogP contribution in [0.5, 0.6) is 0 Å². The number of H-pyrrole nitrogens is 1. The first-order chi connectivity index (χ1) is 18.6. The molecule has 0 radical (unpaired) electrons. The molecule has 7 heteroatoms. The van der Waals surface area contributed by atoms with Gasteiger partial charge in [0, 0.05) is 54.7 Å². The van der Waals surface area contributed by atoms with E-state index < -0.39 is 0 Å². The Morgan fingerprint density at radius 3 is 2.46 bits per heavy atom.